The summed E-state index contributed by atoms with van der Waals surface area (Å²) in [5.74, 6) is -0.294. The molecule has 172 valence electrons. The average molecular weight is 453 g/mol. The minimum absolute atomic E-state index is 0.147. The van der Waals surface area contributed by atoms with E-state index < -0.39 is 5.97 Å². The number of aliphatic carboxylic acids is 1. The van der Waals surface area contributed by atoms with E-state index in [4.69, 9.17) is 9.72 Å². The normalized spacial score (nSPS) is 17.4. The van der Waals surface area contributed by atoms with E-state index in [2.05, 4.69) is 35.2 Å². The van der Waals surface area contributed by atoms with Gasteiger partial charge >= 0.3 is 5.97 Å². The summed E-state index contributed by atoms with van der Waals surface area (Å²) in [6.07, 6.45) is 3.48. The number of aromatic nitrogens is 1. The molecule has 2 heterocycles. The van der Waals surface area contributed by atoms with Gasteiger partial charge < -0.3 is 9.84 Å². The Morgan fingerprint density at radius 3 is 2.65 bits per heavy atom. The van der Waals surface area contributed by atoms with Crippen LogP contribution in [-0.4, -0.2) is 34.0 Å². The van der Waals surface area contributed by atoms with Gasteiger partial charge in [-0.05, 0) is 48.7 Å². The fraction of sp³-hybridized carbons (Fsp3) is 0.241. The Balaban J connectivity index is 1.55. The van der Waals surface area contributed by atoms with Crippen molar-refractivity contribution in [3.8, 4) is 5.75 Å². The van der Waals surface area contributed by atoms with Crippen LogP contribution in [0.3, 0.4) is 0 Å². The van der Waals surface area contributed by atoms with E-state index in [0.29, 0.717) is 19.6 Å². The number of fused-ring (bicyclic) bond motifs is 1. The standard InChI is InChI=1S/C29H28N2O3/c32-29(33)23-12-8-16-31(19-23)28(24-17-22-11-4-6-14-26(22)30-18-24)25-13-5-7-15-27(25)34-20-21-9-2-1-3-10-21/h1-7,9-11,13-15,17-18,23,28H,8,12,16,19-20H2,(H,32,33). The third-order valence-electron chi connectivity index (χ3n) is 6.55. The molecule has 2 unspecified atom stereocenters. The fourth-order valence-electron chi connectivity index (χ4n) is 4.84. The topological polar surface area (TPSA) is 62.7 Å². The van der Waals surface area contributed by atoms with Gasteiger partial charge in [0.25, 0.3) is 0 Å². The first kappa shape index (κ1) is 22.1. The third kappa shape index (κ3) is 4.80. The average Bonchev–Trinajstić information content (AvgIpc) is 2.89. The summed E-state index contributed by atoms with van der Waals surface area (Å²) in [6, 6.07) is 28.3. The summed E-state index contributed by atoms with van der Waals surface area (Å²) in [5, 5.41) is 10.8. The van der Waals surface area contributed by atoms with Gasteiger partial charge in [-0.3, -0.25) is 14.7 Å². The number of hydrogen-bond donors (Lipinski definition) is 1. The number of carboxylic acids is 1. The van der Waals surface area contributed by atoms with Crippen LogP contribution in [0.2, 0.25) is 0 Å². The Kier molecular flexibility index (Phi) is 6.54. The molecule has 5 heteroatoms. The molecular weight excluding hydrogens is 424 g/mol. The molecule has 3 aromatic carbocycles. The van der Waals surface area contributed by atoms with Gasteiger partial charge in [0, 0.05) is 23.7 Å². The Hall–Kier alpha value is -3.70. The summed E-state index contributed by atoms with van der Waals surface area (Å²) in [6.45, 7) is 1.80. The Bertz CT molecular complexity index is 1270. The second-order valence-corrected chi connectivity index (χ2v) is 8.85. The van der Waals surface area contributed by atoms with E-state index in [1.165, 1.54) is 0 Å². The van der Waals surface area contributed by atoms with Crippen molar-refractivity contribution in [2.45, 2.75) is 25.5 Å². The van der Waals surface area contributed by atoms with Gasteiger partial charge in [-0.2, -0.15) is 0 Å². The second kappa shape index (κ2) is 10.1. The van der Waals surface area contributed by atoms with Crippen LogP contribution >= 0.6 is 0 Å². The van der Waals surface area contributed by atoms with Gasteiger partial charge in [0.2, 0.25) is 0 Å². The van der Waals surface area contributed by atoms with Gasteiger partial charge in [-0.1, -0.05) is 66.7 Å². The molecule has 1 aromatic heterocycles. The molecule has 5 rings (SSSR count). The summed E-state index contributed by atoms with van der Waals surface area (Å²) in [5.41, 5.74) is 4.12. The lowest BCUT2D eigenvalue weighted by Gasteiger charge is -2.38. The number of hydrogen-bond acceptors (Lipinski definition) is 4. The van der Waals surface area contributed by atoms with Crippen LogP contribution in [0, 0.1) is 5.92 Å². The molecular formula is C29H28N2O3. The second-order valence-electron chi connectivity index (χ2n) is 8.85. The number of likely N-dealkylation sites (tertiary alicyclic amines) is 1. The van der Waals surface area contributed by atoms with Crippen LogP contribution in [0.1, 0.15) is 35.6 Å². The quantitative estimate of drug-likeness (QED) is 0.390. The van der Waals surface area contributed by atoms with E-state index >= 15 is 0 Å². The number of piperidine rings is 1. The van der Waals surface area contributed by atoms with Crippen molar-refractivity contribution in [2.75, 3.05) is 13.1 Å². The van der Waals surface area contributed by atoms with Crippen molar-refractivity contribution < 1.29 is 14.6 Å². The molecule has 0 bridgehead atoms. The maximum Gasteiger partial charge on any atom is 0.307 e. The minimum Gasteiger partial charge on any atom is -0.489 e. The number of rotatable bonds is 7. The molecule has 0 amide bonds. The van der Waals surface area contributed by atoms with E-state index in [9.17, 15) is 9.90 Å². The van der Waals surface area contributed by atoms with Gasteiger partial charge in [-0.15, -0.1) is 0 Å². The molecule has 1 aliphatic heterocycles. The molecule has 2 atom stereocenters. The van der Waals surface area contributed by atoms with Crippen molar-refractivity contribution >= 4 is 16.9 Å². The summed E-state index contributed by atoms with van der Waals surface area (Å²) >= 11 is 0. The molecule has 4 aromatic rings. The maximum absolute atomic E-state index is 11.8. The van der Waals surface area contributed by atoms with Gasteiger partial charge in [0.15, 0.2) is 0 Å². The number of nitrogens with zero attached hydrogens (tertiary/aromatic N) is 2. The van der Waals surface area contributed by atoms with Crippen LogP contribution in [0.5, 0.6) is 5.75 Å². The summed E-state index contributed by atoms with van der Waals surface area (Å²) < 4.78 is 6.31. The van der Waals surface area contributed by atoms with Gasteiger partial charge in [-0.25, -0.2) is 0 Å². The smallest absolute Gasteiger partial charge is 0.307 e. The predicted octanol–water partition coefficient (Wildman–Crippen LogP) is 5.70. The van der Waals surface area contributed by atoms with Crippen LogP contribution in [0.4, 0.5) is 0 Å². The number of carbonyl (C=O) groups is 1. The number of carboxylic acid groups (broad SMARTS) is 1. The SMILES string of the molecule is O=C(O)C1CCCN(C(c2cnc3ccccc3c2)c2ccccc2OCc2ccccc2)C1. The molecule has 0 spiro atoms. The molecule has 1 fully saturated rings. The molecule has 1 N–H and O–H groups in total. The van der Waals surface area contributed by atoms with Gasteiger partial charge in [0.05, 0.1) is 17.5 Å². The lowest BCUT2D eigenvalue weighted by atomic mass is 9.91. The molecule has 0 radical (unpaired) electrons. The number of para-hydroxylation sites is 2. The van der Waals surface area contributed by atoms with Crippen molar-refractivity contribution in [2.24, 2.45) is 5.92 Å². The predicted molar refractivity (Wildman–Crippen MR) is 133 cm³/mol. The first-order valence-corrected chi connectivity index (χ1v) is 11.8. The Morgan fingerprint density at radius 1 is 1.03 bits per heavy atom. The van der Waals surface area contributed by atoms with E-state index in [1.54, 1.807) is 0 Å². The highest BCUT2D eigenvalue weighted by Crippen LogP contribution is 2.38. The van der Waals surface area contributed by atoms with Crippen molar-refractivity contribution in [3.05, 3.63) is 108 Å². The summed E-state index contributed by atoms with van der Waals surface area (Å²) in [4.78, 5) is 18.8. The van der Waals surface area contributed by atoms with Crippen molar-refractivity contribution in [1.29, 1.82) is 0 Å². The fourth-order valence-corrected chi connectivity index (χ4v) is 4.84. The van der Waals surface area contributed by atoms with E-state index in [1.807, 2.05) is 60.8 Å². The van der Waals surface area contributed by atoms with E-state index in [0.717, 1.165) is 46.3 Å². The molecule has 1 saturated heterocycles. The first-order valence-electron chi connectivity index (χ1n) is 11.8. The zero-order valence-corrected chi connectivity index (χ0v) is 19.0. The highest BCUT2D eigenvalue weighted by atomic mass is 16.5. The third-order valence-corrected chi connectivity index (χ3v) is 6.55. The molecule has 0 aliphatic carbocycles. The van der Waals surface area contributed by atoms with E-state index in [-0.39, 0.29) is 12.0 Å². The maximum atomic E-state index is 11.8. The van der Waals surface area contributed by atoms with Crippen LogP contribution in [0.25, 0.3) is 10.9 Å². The number of ether oxygens (including phenoxy) is 1. The lowest BCUT2D eigenvalue weighted by molar-refractivity contribution is -0.143. The van der Waals surface area contributed by atoms with Gasteiger partial charge in [0.1, 0.15) is 12.4 Å². The number of benzene rings is 3. The number of pyridine rings is 1. The largest absolute Gasteiger partial charge is 0.489 e. The van der Waals surface area contributed by atoms with Crippen LogP contribution in [0.15, 0.2) is 91.1 Å². The minimum atomic E-state index is -0.728. The lowest BCUT2D eigenvalue weighted by Crippen LogP contribution is -2.41. The highest BCUT2D eigenvalue weighted by molar-refractivity contribution is 5.79. The Morgan fingerprint density at radius 2 is 1.79 bits per heavy atom. The van der Waals surface area contributed by atoms with Crippen molar-refractivity contribution in [1.82, 2.24) is 9.88 Å². The Labute approximate surface area is 199 Å². The molecule has 34 heavy (non-hydrogen) atoms. The molecule has 0 saturated carbocycles. The van der Waals surface area contributed by atoms with Crippen LogP contribution < -0.4 is 4.74 Å². The zero-order valence-electron chi connectivity index (χ0n) is 19.0. The molecule has 5 nitrogen and oxygen atoms in total. The summed E-state index contributed by atoms with van der Waals surface area (Å²) in [7, 11) is 0. The first-order chi connectivity index (χ1) is 16.7. The highest BCUT2D eigenvalue weighted by Gasteiger charge is 2.33. The van der Waals surface area contributed by atoms with Crippen LogP contribution in [-0.2, 0) is 11.4 Å². The monoisotopic (exact) mass is 452 g/mol. The molecule has 1 aliphatic rings. The van der Waals surface area contributed by atoms with Crippen molar-refractivity contribution in [3.63, 3.8) is 0 Å². The zero-order chi connectivity index (χ0) is 23.3.